The number of carboxylic acids is 1. The van der Waals surface area contributed by atoms with Crippen LogP contribution in [0, 0.1) is 39.4 Å². The zero-order valence-corrected chi connectivity index (χ0v) is 26.1. The Labute approximate surface area is 244 Å². The van der Waals surface area contributed by atoms with Crippen molar-refractivity contribution in [1.82, 2.24) is 0 Å². The van der Waals surface area contributed by atoms with Crippen molar-refractivity contribution in [3.8, 4) is 0 Å². The molecule has 1 N–H and O–H groups in total. The van der Waals surface area contributed by atoms with Crippen molar-refractivity contribution < 1.29 is 33.7 Å². The fourth-order valence-electron chi connectivity index (χ4n) is 11.2. The smallest absolute Gasteiger partial charge is 0.336 e. The van der Waals surface area contributed by atoms with Crippen LogP contribution < -0.4 is 0 Å². The molecular formula is C34H48O7. The van der Waals surface area contributed by atoms with Crippen molar-refractivity contribution in [2.45, 2.75) is 131 Å². The minimum absolute atomic E-state index is 0.00785. The fraction of sp³-hybridized carbons (Fsp3) is 0.794. The minimum Gasteiger partial charge on any atom is -0.481 e. The quantitative estimate of drug-likeness (QED) is 0.228. The van der Waals surface area contributed by atoms with E-state index in [1.165, 1.54) is 5.57 Å². The van der Waals surface area contributed by atoms with Gasteiger partial charge in [0.15, 0.2) is 0 Å². The first kappa shape index (κ1) is 28.9. The largest absolute Gasteiger partial charge is 0.481 e. The number of carboxylic acid groups (broad SMARTS) is 1. The summed E-state index contributed by atoms with van der Waals surface area (Å²) in [6.45, 7) is 18.0. The van der Waals surface area contributed by atoms with Crippen molar-refractivity contribution in [2.24, 2.45) is 39.4 Å². The number of aliphatic carboxylic acids is 1. The molecule has 9 atom stereocenters. The Kier molecular flexibility index (Phi) is 6.31. The summed E-state index contributed by atoms with van der Waals surface area (Å²) in [5.41, 5.74) is 4.34. The molecule has 4 aliphatic carbocycles. The summed E-state index contributed by atoms with van der Waals surface area (Å²) in [6, 6.07) is 0. The van der Waals surface area contributed by atoms with Gasteiger partial charge in [0.2, 0.25) is 5.79 Å². The van der Waals surface area contributed by atoms with Crippen LogP contribution >= 0.6 is 0 Å². The molecule has 0 aromatic carbocycles. The number of hydrogen-bond donors (Lipinski definition) is 1. The van der Waals surface area contributed by atoms with Gasteiger partial charge in [-0.3, -0.25) is 9.59 Å². The van der Waals surface area contributed by atoms with Gasteiger partial charge < -0.3 is 19.3 Å². The number of fused-ring (bicyclic) bond motifs is 3. The van der Waals surface area contributed by atoms with Gasteiger partial charge in [-0.25, -0.2) is 4.79 Å². The average molecular weight is 569 g/mol. The van der Waals surface area contributed by atoms with E-state index in [1.807, 2.05) is 13.8 Å². The van der Waals surface area contributed by atoms with Gasteiger partial charge in [0.05, 0.1) is 6.10 Å². The van der Waals surface area contributed by atoms with Crippen LogP contribution in [0.5, 0.6) is 0 Å². The summed E-state index contributed by atoms with van der Waals surface area (Å²) < 4.78 is 19.2. The Morgan fingerprint density at radius 2 is 1.73 bits per heavy atom. The molecule has 2 saturated carbocycles. The highest BCUT2D eigenvalue weighted by molar-refractivity contribution is 5.92. The maximum atomic E-state index is 12.8. The molecule has 7 heteroatoms. The second-order valence-electron chi connectivity index (χ2n) is 15.5. The zero-order valence-electron chi connectivity index (χ0n) is 26.1. The van der Waals surface area contributed by atoms with Crippen LogP contribution in [-0.2, 0) is 28.6 Å². The third-order valence-corrected chi connectivity index (χ3v) is 13.7. The molecule has 2 aliphatic heterocycles. The fourth-order valence-corrected chi connectivity index (χ4v) is 11.2. The van der Waals surface area contributed by atoms with Crippen LogP contribution in [-0.4, -0.2) is 41.0 Å². The first-order valence-corrected chi connectivity index (χ1v) is 15.7. The van der Waals surface area contributed by atoms with E-state index in [0.29, 0.717) is 36.2 Å². The lowest BCUT2D eigenvalue weighted by atomic mass is 9.42. The van der Waals surface area contributed by atoms with Crippen LogP contribution in [0.1, 0.15) is 113 Å². The Morgan fingerprint density at radius 1 is 1.02 bits per heavy atom. The van der Waals surface area contributed by atoms with Gasteiger partial charge in [0, 0.05) is 28.4 Å². The van der Waals surface area contributed by atoms with Crippen molar-refractivity contribution in [2.75, 3.05) is 0 Å². The highest BCUT2D eigenvalue weighted by Gasteiger charge is 2.70. The molecule has 41 heavy (non-hydrogen) atoms. The maximum Gasteiger partial charge on any atom is 0.336 e. The summed E-state index contributed by atoms with van der Waals surface area (Å²) in [5.74, 6) is -1.90. The van der Waals surface area contributed by atoms with Crippen molar-refractivity contribution in [3.05, 3.63) is 22.3 Å². The number of rotatable bonds is 3. The average Bonchev–Trinajstić information content (AvgIpc) is 3.23. The van der Waals surface area contributed by atoms with Gasteiger partial charge in [-0.05, 0) is 87.4 Å². The van der Waals surface area contributed by atoms with E-state index in [2.05, 4.69) is 41.5 Å². The van der Waals surface area contributed by atoms with E-state index in [9.17, 15) is 14.4 Å². The molecule has 3 fully saturated rings. The standard InChI is InChI=1S/C34H48O7/c1-18-17-34(20(3)19(2)29(38)41-34)40-26-15-23-22(32(7)14-11-21(18)33(26,32)8)9-10-24-30(4,5)25(12-13-31(23,24)6)39-28(37)16-27(35)36/h18,21,24-26H,9-17H2,1-8H3,(H,35,36). The first-order valence-electron chi connectivity index (χ1n) is 15.7. The molecular weight excluding hydrogens is 520 g/mol. The molecule has 1 spiro atoms. The van der Waals surface area contributed by atoms with E-state index >= 15 is 0 Å². The Balaban J connectivity index is 1.40. The summed E-state index contributed by atoms with van der Waals surface area (Å²) >= 11 is 0. The monoisotopic (exact) mass is 568 g/mol. The molecule has 1 saturated heterocycles. The van der Waals surface area contributed by atoms with Crippen LogP contribution in [0.4, 0.5) is 0 Å². The lowest BCUT2D eigenvalue weighted by molar-refractivity contribution is -0.243. The Hall–Kier alpha value is -2.15. The minimum atomic E-state index is -1.15. The van der Waals surface area contributed by atoms with E-state index in [0.717, 1.165) is 44.1 Å². The first-order chi connectivity index (χ1) is 19.0. The van der Waals surface area contributed by atoms with Crippen molar-refractivity contribution in [1.29, 1.82) is 0 Å². The maximum absolute atomic E-state index is 12.8. The molecule has 0 bridgehead atoms. The number of carbonyl (C=O) groups is 3. The van der Waals surface area contributed by atoms with Crippen LogP contribution in [0.15, 0.2) is 22.3 Å². The third-order valence-electron chi connectivity index (χ3n) is 13.7. The van der Waals surface area contributed by atoms with Gasteiger partial charge in [0.25, 0.3) is 0 Å². The predicted octanol–water partition coefficient (Wildman–Crippen LogP) is 6.75. The third kappa shape index (κ3) is 3.69. The Morgan fingerprint density at radius 3 is 2.37 bits per heavy atom. The van der Waals surface area contributed by atoms with Crippen LogP contribution in [0.25, 0.3) is 0 Å². The second kappa shape index (κ2) is 8.93. The van der Waals surface area contributed by atoms with Gasteiger partial charge >= 0.3 is 17.9 Å². The highest BCUT2D eigenvalue weighted by Crippen LogP contribution is 2.74. The molecule has 0 aromatic rings. The lowest BCUT2D eigenvalue weighted by Gasteiger charge is -2.63. The molecule has 9 unspecified atom stereocenters. The van der Waals surface area contributed by atoms with E-state index in [-0.39, 0.29) is 39.8 Å². The number of hydrogen-bond acceptors (Lipinski definition) is 6. The van der Waals surface area contributed by atoms with Crippen molar-refractivity contribution in [3.63, 3.8) is 0 Å². The van der Waals surface area contributed by atoms with Gasteiger partial charge in [0.1, 0.15) is 12.5 Å². The summed E-state index contributed by atoms with van der Waals surface area (Å²) in [5, 5.41) is 9.10. The molecule has 6 rings (SSSR count). The van der Waals surface area contributed by atoms with E-state index < -0.39 is 24.1 Å². The van der Waals surface area contributed by atoms with Gasteiger partial charge in [-0.15, -0.1) is 0 Å². The normalized spacial score (nSPS) is 46.4. The highest BCUT2D eigenvalue weighted by atomic mass is 16.7. The zero-order chi connectivity index (χ0) is 29.9. The molecule has 0 radical (unpaired) electrons. The molecule has 7 nitrogen and oxygen atoms in total. The summed E-state index contributed by atoms with van der Waals surface area (Å²) in [6.07, 6.45) is 6.55. The number of allylic oxidation sites excluding steroid dienone is 1. The lowest BCUT2D eigenvalue weighted by Crippen LogP contribution is -2.59. The molecule has 0 aromatic heterocycles. The molecule has 0 amide bonds. The van der Waals surface area contributed by atoms with Crippen molar-refractivity contribution >= 4 is 17.9 Å². The number of ether oxygens (including phenoxy) is 3. The second-order valence-corrected chi connectivity index (χ2v) is 15.5. The van der Waals surface area contributed by atoms with Crippen LogP contribution in [0.3, 0.4) is 0 Å². The van der Waals surface area contributed by atoms with E-state index in [4.69, 9.17) is 19.3 Å². The molecule has 226 valence electrons. The predicted molar refractivity (Wildman–Crippen MR) is 152 cm³/mol. The van der Waals surface area contributed by atoms with Gasteiger partial charge in [-0.2, -0.15) is 0 Å². The topological polar surface area (TPSA) is 99.1 Å². The number of carbonyl (C=O) groups excluding carboxylic acids is 2. The molecule has 6 aliphatic rings. The van der Waals surface area contributed by atoms with E-state index in [1.54, 1.807) is 5.57 Å². The van der Waals surface area contributed by atoms with Gasteiger partial charge in [-0.1, -0.05) is 52.7 Å². The molecule has 2 heterocycles. The SMILES string of the molecule is CC1=C(C)C2(CC(C)C3CCC4(C)C5=C(CC(O2)C34C)C2(C)CCC(OC(=O)CC(=O)O)C(C)(C)C2CC5)OC1=O. The Bertz CT molecular complexity index is 1280. The number of esters is 2. The summed E-state index contributed by atoms with van der Waals surface area (Å²) in [7, 11) is 0. The summed E-state index contributed by atoms with van der Waals surface area (Å²) in [4.78, 5) is 36.3. The van der Waals surface area contributed by atoms with Crippen LogP contribution in [0.2, 0.25) is 0 Å².